The van der Waals surface area contributed by atoms with Crippen molar-refractivity contribution in [3.8, 4) is 11.3 Å². The maximum Gasteiger partial charge on any atom is 0.101 e. The lowest BCUT2D eigenvalue weighted by atomic mass is 10.0. The Morgan fingerprint density at radius 3 is 2.90 bits per heavy atom. The van der Waals surface area contributed by atoms with Crippen molar-refractivity contribution in [3.05, 3.63) is 74.5 Å². The second kappa shape index (κ2) is 5.39. The zero-order chi connectivity index (χ0) is 14.2. The molecule has 0 radical (unpaired) electrons. The first-order valence-electron chi connectivity index (χ1n) is 7.10. The molecule has 1 atom stereocenters. The van der Waals surface area contributed by atoms with Crippen LogP contribution in [0.1, 0.15) is 28.5 Å². The Morgan fingerprint density at radius 2 is 2.00 bits per heavy atom. The second-order valence-corrected chi connectivity index (χ2v) is 7.18. The fraction of sp³-hybridized carbons (Fsp3) is 0.167. The van der Waals surface area contributed by atoms with Crippen LogP contribution in [0, 0.1) is 0 Å². The highest BCUT2D eigenvalue weighted by molar-refractivity contribution is 9.10. The summed E-state index contributed by atoms with van der Waals surface area (Å²) in [4.78, 5) is 4.90. The molecule has 0 spiro atoms. The molecule has 0 fully saturated rings. The van der Waals surface area contributed by atoms with E-state index in [-0.39, 0.29) is 0 Å². The summed E-state index contributed by atoms with van der Waals surface area (Å²) < 4.78 is 1.10. The van der Waals surface area contributed by atoms with Gasteiger partial charge in [0.25, 0.3) is 0 Å². The Balaban J connectivity index is 1.70. The standard InChI is InChI=1S/C18H14BrNS/c19-14-6-3-5-13(10-14)17-11-21-18(20-17)16-9-8-12-4-1-2-7-15(12)16/h1-7,10-11,16H,8-9H2. The third-order valence-electron chi connectivity index (χ3n) is 4.07. The largest absolute Gasteiger partial charge is 0.241 e. The first-order valence-corrected chi connectivity index (χ1v) is 8.78. The lowest BCUT2D eigenvalue weighted by Gasteiger charge is -2.07. The Hall–Kier alpha value is -1.45. The van der Waals surface area contributed by atoms with Crippen LogP contribution in [0.4, 0.5) is 0 Å². The average Bonchev–Trinajstić information content (AvgIpc) is 3.14. The number of hydrogen-bond acceptors (Lipinski definition) is 2. The van der Waals surface area contributed by atoms with Crippen LogP contribution in [-0.4, -0.2) is 4.98 Å². The first kappa shape index (κ1) is 13.2. The molecule has 2 aromatic carbocycles. The summed E-state index contributed by atoms with van der Waals surface area (Å²) in [5.41, 5.74) is 5.22. The Kier molecular flexibility index (Phi) is 3.40. The van der Waals surface area contributed by atoms with E-state index in [2.05, 4.69) is 63.8 Å². The van der Waals surface area contributed by atoms with Crippen molar-refractivity contribution in [1.29, 1.82) is 0 Å². The number of aromatic nitrogens is 1. The number of rotatable bonds is 2. The highest BCUT2D eigenvalue weighted by Crippen LogP contribution is 2.40. The minimum Gasteiger partial charge on any atom is -0.241 e. The zero-order valence-corrected chi connectivity index (χ0v) is 13.8. The monoisotopic (exact) mass is 355 g/mol. The fourth-order valence-electron chi connectivity index (χ4n) is 3.04. The van der Waals surface area contributed by atoms with Gasteiger partial charge >= 0.3 is 0 Å². The van der Waals surface area contributed by atoms with Gasteiger partial charge in [-0.3, -0.25) is 0 Å². The van der Waals surface area contributed by atoms with E-state index in [0.717, 1.165) is 10.2 Å². The fourth-order valence-corrected chi connectivity index (χ4v) is 4.42. The molecule has 1 aliphatic rings. The number of hydrogen-bond donors (Lipinski definition) is 0. The molecule has 4 rings (SSSR count). The molecule has 1 aromatic heterocycles. The highest BCUT2D eigenvalue weighted by Gasteiger charge is 2.25. The maximum atomic E-state index is 4.90. The summed E-state index contributed by atoms with van der Waals surface area (Å²) in [6, 6.07) is 17.1. The zero-order valence-electron chi connectivity index (χ0n) is 11.4. The molecule has 21 heavy (non-hydrogen) atoms. The quantitative estimate of drug-likeness (QED) is 0.578. The van der Waals surface area contributed by atoms with Gasteiger partial charge in [-0.1, -0.05) is 52.3 Å². The summed E-state index contributed by atoms with van der Waals surface area (Å²) in [5.74, 6) is 0.479. The van der Waals surface area contributed by atoms with Crippen LogP contribution in [0.2, 0.25) is 0 Å². The van der Waals surface area contributed by atoms with E-state index in [9.17, 15) is 0 Å². The molecule has 3 heteroatoms. The number of benzene rings is 2. The van der Waals surface area contributed by atoms with Gasteiger partial charge in [0.1, 0.15) is 5.01 Å². The van der Waals surface area contributed by atoms with Crippen LogP contribution < -0.4 is 0 Å². The Labute approximate surface area is 136 Å². The minimum absolute atomic E-state index is 0.479. The number of nitrogens with zero attached hydrogens (tertiary/aromatic N) is 1. The minimum atomic E-state index is 0.479. The van der Waals surface area contributed by atoms with Crippen LogP contribution in [0.3, 0.4) is 0 Å². The molecule has 0 saturated carbocycles. The van der Waals surface area contributed by atoms with E-state index in [0.29, 0.717) is 5.92 Å². The molecule has 0 amide bonds. The van der Waals surface area contributed by atoms with Gasteiger partial charge in [-0.15, -0.1) is 11.3 Å². The predicted octanol–water partition coefficient (Wildman–Crippen LogP) is 5.65. The third kappa shape index (κ3) is 2.45. The van der Waals surface area contributed by atoms with Crippen molar-refractivity contribution < 1.29 is 0 Å². The second-order valence-electron chi connectivity index (χ2n) is 5.37. The molecular weight excluding hydrogens is 342 g/mol. The van der Waals surface area contributed by atoms with Gasteiger partial charge in [0, 0.05) is 21.3 Å². The molecule has 104 valence electrons. The van der Waals surface area contributed by atoms with Crippen LogP contribution in [0.5, 0.6) is 0 Å². The SMILES string of the molecule is Brc1cccc(-c2csc(C3CCc4ccccc43)n2)c1. The summed E-state index contributed by atoms with van der Waals surface area (Å²) in [6.07, 6.45) is 2.36. The van der Waals surface area contributed by atoms with Gasteiger partial charge in [-0.2, -0.15) is 0 Å². The van der Waals surface area contributed by atoms with Crippen molar-refractivity contribution in [2.45, 2.75) is 18.8 Å². The molecule has 1 aliphatic carbocycles. The van der Waals surface area contributed by atoms with Gasteiger partial charge in [0.2, 0.25) is 0 Å². The van der Waals surface area contributed by atoms with E-state index in [4.69, 9.17) is 4.98 Å². The molecule has 0 aliphatic heterocycles. The van der Waals surface area contributed by atoms with E-state index >= 15 is 0 Å². The third-order valence-corrected chi connectivity index (χ3v) is 5.52. The number of thiazole rings is 1. The van der Waals surface area contributed by atoms with Gasteiger partial charge in [-0.25, -0.2) is 4.98 Å². The molecule has 3 aromatic rings. The molecule has 1 nitrogen and oxygen atoms in total. The Bertz CT molecular complexity index is 793. The van der Waals surface area contributed by atoms with Crippen LogP contribution in [0.25, 0.3) is 11.3 Å². The lowest BCUT2D eigenvalue weighted by molar-refractivity contribution is 0.781. The van der Waals surface area contributed by atoms with E-state index < -0.39 is 0 Å². The predicted molar refractivity (Wildman–Crippen MR) is 91.9 cm³/mol. The highest BCUT2D eigenvalue weighted by atomic mass is 79.9. The van der Waals surface area contributed by atoms with Crippen molar-refractivity contribution >= 4 is 27.3 Å². The van der Waals surface area contributed by atoms with E-state index in [1.807, 2.05) is 6.07 Å². The van der Waals surface area contributed by atoms with Gasteiger partial charge in [-0.05, 0) is 36.1 Å². The lowest BCUT2D eigenvalue weighted by Crippen LogP contribution is -1.95. The van der Waals surface area contributed by atoms with Crippen molar-refractivity contribution in [1.82, 2.24) is 4.98 Å². The first-order chi connectivity index (χ1) is 10.3. The summed E-state index contributed by atoms with van der Waals surface area (Å²) in [6.45, 7) is 0. The van der Waals surface area contributed by atoms with E-state index in [1.165, 1.54) is 34.5 Å². The van der Waals surface area contributed by atoms with Crippen molar-refractivity contribution in [2.24, 2.45) is 0 Å². The summed E-state index contributed by atoms with van der Waals surface area (Å²) >= 11 is 5.31. The van der Waals surface area contributed by atoms with Gasteiger partial charge in [0.05, 0.1) is 5.69 Å². The molecular formula is C18H14BrNS. The smallest absolute Gasteiger partial charge is 0.101 e. The Morgan fingerprint density at radius 1 is 1.10 bits per heavy atom. The number of halogens is 1. The average molecular weight is 356 g/mol. The summed E-state index contributed by atoms with van der Waals surface area (Å²) in [5, 5.41) is 3.42. The van der Waals surface area contributed by atoms with Crippen LogP contribution in [-0.2, 0) is 6.42 Å². The summed E-state index contributed by atoms with van der Waals surface area (Å²) in [7, 11) is 0. The van der Waals surface area contributed by atoms with Crippen LogP contribution >= 0.6 is 27.3 Å². The molecule has 0 saturated heterocycles. The molecule has 1 unspecified atom stereocenters. The van der Waals surface area contributed by atoms with Crippen molar-refractivity contribution in [2.75, 3.05) is 0 Å². The van der Waals surface area contributed by atoms with Crippen LogP contribution in [0.15, 0.2) is 58.4 Å². The van der Waals surface area contributed by atoms with E-state index in [1.54, 1.807) is 11.3 Å². The maximum absolute atomic E-state index is 4.90. The molecule has 0 bridgehead atoms. The molecule has 0 N–H and O–H groups in total. The number of fused-ring (bicyclic) bond motifs is 1. The normalized spacial score (nSPS) is 16.9. The number of aryl methyl sites for hydroxylation is 1. The van der Waals surface area contributed by atoms with Gasteiger partial charge in [0.15, 0.2) is 0 Å². The topological polar surface area (TPSA) is 12.9 Å². The molecule has 1 heterocycles. The van der Waals surface area contributed by atoms with Gasteiger partial charge < -0.3 is 0 Å². The van der Waals surface area contributed by atoms with Crippen molar-refractivity contribution in [3.63, 3.8) is 0 Å².